The summed E-state index contributed by atoms with van der Waals surface area (Å²) >= 11 is 6.15. The lowest BCUT2D eigenvalue weighted by molar-refractivity contribution is -0.120. The third-order valence-corrected chi connectivity index (χ3v) is 5.05. The maximum absolute atomic E-state index is 13.5. The van der Waals surface area contributed by atoms with Crippen LogP contribution in [0.25, 0.3) is 5.57 Å². The molecule has 0 saturated carbocycles. The molecule has 3 aromatic carbocycles. The average molecular weight is 419 g/mol. The highest BCUT2D eigenvalue weighted by atomic mass is 35.5. The zero-order valence-corrected chi connectivity index (χ0v) is 17.2. The van der Waals surface area contributed by atoms with Gasteiger partial charge in [0.2, 0.25) is 0 Å². The Morgan fingerprint density at radius 2 is 1.67 bits per heavy atom. The van der Waals surface area contributed by atoms with Crippen LogP contribution in [-0.4, -0.2) is 18.9 Å². The van der Waals surface area contributed by atoms with Gasteiger partial charge in [0, 0.05) is 10.7 Å². The molecule has 6 heteroatoms. The number of carbonyl (C=O) groups is 2. The summed E-state index contributed by atoms with van der Waals surface area (Å²) in [5.74, 6) is -0.534. The van der Waals surface area contributed by atoms with Crippen LogP contribution in [0.2, 0.25) is 5.02 Å². The first-order valence-electron chi connectivity index (χ1n) is 9.35. The molecule has 1 N–H and O–H groups in total. The van der Waals surface area contributed by atoms with E-state index < -0.39 is 11.8 Å². The van der Waals surface area contributed by atoms with Gasteiger partial charge in [-0.3, -0.25) is 9.59 Å². The molecule has 3 aromatic rings. The van der Waals surface area contributed by atoms with Crippen LogP contribution < -0.4 is 15.0 Å². The first-order valence-corrected chi connectivity index (χ1v) is 9.73. The Morgan fingerprint density at radius 3 is 2.37 bits per heavy atom. The minimum absolute atomic E-state index is 0.207. The number of rotatable bonds is 5. The Hall–Kier alpha value is -3.57. The smallest absolute Gasteiger partial charge is 0.282 e. The molecule has 2 amide bonds. The highest BCUT2D eigenvalue weighted by molar-refractivity contribution is 6.46. The van der Waals surface area contributed by atoms with Crippen LogP contribution in [0.5, 0.6) is 5.75 Å². The number of nitrogens with one attached hydrogen (secondary N) is 1. The Kier molecular flexibility index (Phi) is 5.29. The summed E-state index contributed by atoms with van der Waals surface area (Å²) < 4.78 is 5.38. The van der Waals surface area contributed by atoms with E-state index in [0.29, 0.717) is 27.6 Å². The Balaban J connectivity index is 1.85. The summed E-state index contributed by atoms with van der Waals surface area (Å²) in [4.78, 5) is 28.0. The lowest BCUT2D eigenvalue weighted by atomic mass is 10.0. The zero-order chi connectivity index (χ0) is 21.3. The largest absolute Gasteiger partial charge is 0.495 e. The predicted octanol–water partition coefficient (Wildman–Crippen LogP) is 5.05. The molecule has 0 aliphatic carbocycles. The number of aryl methyl sites for hydroxylation is 1. The van der Waals surface area contributed by atoms with Crippen LogP contribution >= 0.6 is 11.6 Å². The Labute approximate surface area is 179 Å². The fourth-order valence-electron chi connectivity index (χ4n) is 3.44. The van der Waals surface area contributed by atoms with Crippen LogP contribution in [0.1, 0.15) is 11.1 Å². The number of amides is 2. The fraction of sp³-hybridized carbons (Fsp3) is 0.0833. The molecule has 0 spiro atoms. The number of anilines is 2. The first kappa shape index (κ1) is 19.7. The molecule has 0 unspecified atom stereocenters. The molecule has 0 radical (unpaired) electrons. The summed E-state index contributed by atoms with van der Waals surface area (Å²) in [6, 6.07) is 21.6. The van der Waals surface area contributed by atoms with Crippen molar-refractivity contribution in [3.8, 4) is 5.75 Å². The van der Waals surface area contributed by atoms with Gasteiger partial charge < -0.3 is 10.1 Å². The molecule has 0 fully saturated rings. The second kappa shape index (κ2) is 8.05. The molecule has 4 rings (SSSR count). The number of hydrogen-bond donors (Lipinski definition) is 1. The molecule has 0 saturated heterocycles. The number of imide groups is 1. The number of halogens is 1. The molecule has 0 aromatic heterocycles. The standard InChI is InChI=1S/C24H19ClN2O3/c1-15-7-6-10-18(13-15)26-22-21(16-8-4-3-5-9-16)23(28)27(24(22)29)19-14-17(25)11-12-20(19)30-2/h3-14,26H,1-2H3. The quantitative estimate of drug-likeness (QED) is 0.589. The third kappa shape index (κ3) is 3.55. The molecule has 1 heterocycles. The van der Waals surface area contributed by atoms with Crippen molar-refractivity contribution in [2.75, 3.05) is 17.3 Å². The van der Waals surface area contributed by atoms with E-state index in [9.17, 15) is 9.59 Å². The van der Waals surface area contributed by atoms with Gasteiger partial charge in [-0.2, -0.15) is 0 Å². The topological polar surface area (TPSA) is 58.6 Å². The van der Waals surface area contributed by atoms with Crippen molar-refractivity contribution in [3.05, 3.63) is 94.6 Å². The van der Waals surface area contributed by atoms with Crippen LogP contribution in [0.4, 0.5) is 11.4 Å². The van der Waals surface area contributed by atoms with Gasteiger partial charge in [-0.25, -0.2) is 4.90 Å². The van der Waals surface area contributed by atoms with Crippen LogP contribution in [0.3, 0.4) is 0 Å². The molecule has 0 atom stereocenters. The van der Waals surface area contributed by atoms with E-state index in [4.69, 9.17) is 16.3 Å². The summed E-state index contributed by atoms with van der Waals surface area (Å²) in [5, 5.41) is 3.55. The molecule has 30 heavy (non-hydrogen) atoms. The van der Waals surface area contributed by atoms with E-state index in [1.54, 1.807) is 30.3 Å². The van der Waals surface area contributed by atoms with Gasteiger partial charge in [0.05, 0.1) is 18.4 Å². The lowest BCUT2D eigenvalue weighted by Crippen LogP contribution is -2.32. The van der Waals surface area contributed by atoms with E-state index in [2.05, 4.69) is 5.32 Å². The molecule has 150 valence electrons. The van der Waals surface area contributed by atoms with Crippen molar-refractivity contribution in [2.45, 2.75) is 6.92 Å². The molecular formula is C24H19ClN2O3. The van der Waals surface area contributed by atoms with Gasteiger partial charge in [-0.05, 0) is 48.4 Å². The minimum Gasteiger partial charge on any atom is -0.495 e. The molecular weight excluding hydrogens is 400 g/mol. The molecule has 5 nitrogen and oxygen atoms in total. The molecule has 1 aliphatic heterocycles. The van der Waals surface area contributed by atoms with E-state index in [0.717, 1.165) is 16.2 Å². The van der Waals surface area contributed by atoms with Crippen molar-refractivity contribution in [1.82, 2.24) is 0 Å². The molecule has 1 aliphatic rings. The van der Waals surface area contributed by atoms with E-state index in [1.165, 1.54) is 7.11 Å². The predicted molar refractivity (Wildman–Crippen MR) is 119 cm³/mol. The van der Waals surface area contributed by atoms with Gasteiger partial charge in [-0.1, -0.05) is 54.1 Å². The van der Waals surface area contributed by atoms with Gasteiger partial charge >= 0.3 is 0 Å². The van der Waals surface area contributed by atoms with E-state index in [-0.39, 0.29) is 5.70 Å². The number of carbonyl (C=O) groups excluding carboxylic acids is 2. The van der Waals surface area contributed by atoms with Crippen LogP contribution in [0.15, 0.2) is 78.5 Å². The maximum atomic E-state index is 13.5. The van der Waals surface area contributed by atoms with Gasteiger partial charge in [0.1, 0.15) is 11.4 Å². The summed E-state index contributed by atoms with van der Waals surface area (Å²) in [6.45, 7) is 1.96. The monoisotopic (exact) mass is 418 g/mol. The SMILES string of the molecule is COc1ccc(Cl)cc1N1C(=O)C(Nc2cccc(C)c2)=C(c2ccccc2)C1=O. The van der Waals surface area contributed by atoms with Crippen LogP contribution in [0, 0.1) is 6.92 Å². The van der Waals surface area contributed by atoms with E-state index in [1.807, 2.05) is 49.4 Å². The van der Waals surface area contributed by atoms with Crippen molar-refractivity contribution >= 4 is 40.4 Å². The zero-order valence-electron chi connectivity index (χ0n) is 16.5. The number of methoxy groups -OCH3 is 1. The van der Waals surface area contributed by atoms with Gasteiger partial charge in [0.25, 0.3) is 11.8 Å². The Morgan fingerprint density at radius 1 is 0.900 bits per heavy atom. The van der Waals surface area contributed by atoms with Crippen molar-refractivity contribution in [3.63, 3.8) is 0 Å². The lowest BCUT2D eigenvalue weighted by Gasteiger charge is -2.18. The van der Waals surface area contributed by atoms with Crippen molar-refractivity contribution in [1.29, 1.82) is 0 Å². The normalized spacial score (nSPS) is 13.8. The summed E-state index contributed by atoms with van der Waals surface area (Å²) in [5.41, 5.74) is 3.21. The van der Waals surface area contributed by atoms with Crippen molar-refractivity contribution in [2.24, 2.45) is 0 Å². The average Bonchev–Trinajstić information content (AvgIpc) is 2.98. The van der Waals surface area contributed by atoms with Gasteiger partial charge in [0.15, 0.2) is 0 Å². The Bertz CT molecular complexity index is 1170. The maximum Gasteiger partial charge on any atom is 0.282 e. The van der Waals surface area contributed by atoms with Gasteiger partial charge in [-0.15, -0.1) is 0 Å². The number of hydrogen-bond acceptors (Lipinski definition) is 4. The van der Waals surface area contributed by atoms with Crippen molar-refractivity contribution < 1.29 is 14.3 Å². The number of nitrogens with zero attached hydrogens (tertiary/aromatic N) is 1. The second-order valence-electron chi connectivity index (χ2n) is 6.87. The highest BCUT2D eigenvalue weighted by Crippen LogP contribution is 2.39. The molecule has 0 bridgehead atoms. The van der Waals surface area contributed by atoms with E-state index >= 15 is 0 Å². The summed E-state index contributed by atoms with van der Waals surface area (Å²) in [7, 11) is 1.48. The summed E-state index contributed by atoms with van der Waals surface area (Å²) in [6.07, 6.45) is 0. The third-order valence-electron chi connectivity index (χ3n) is 4.82. The fourth-order valence-corrected chi connectivity index (χ4v) is 3.61. The number of benzene rings is 3. The second-order valence-corrected chi connectivity index (χ2v) is 7.31. The first-order chi connectivity index (χ1) is 14.5. The van der Waals surface area contributed by atoms with Crippen LogP contribution in [-0.2, 0) is 9.59 Å². The number of ether oxygens (including phenoxy) is 1. The minimum atomic E-state index is -0.471. The highest BCUT2D eigenvalue weighted by Gasteiger charge is 2.41.